The lowest BCUT2D eigenvalue weighted by molar-refractivity contribution is -0.384. The maximum absolute atomic E-state index is 12.0. The van der Waals surface area contributed by atoms with Crippen molar-refractivity contribution in [3.8, 4) is 0 Å². The number of carbonyl (C=O) groups is 2. The van der Waals surface area contributed by atoms with Gasteiger partial charge in [-0.3, -0.25) is 19.7 Å². The Morgan fingerprint density at radius 3 is 2.70 bits per heavy atom. The average Bonchev–Trinajstić information content (AvgIpc) is 2.87. The highest BCUT2D eigenvalue weighted by molar-refractivity contribution is 7.14. The van der Waals surface area contributed by atoms with Crippen molar-refractivity contribution < 1.29 is 14.5 Å². The molecular formula is C12H9N3O4S. The Bertz CT molecular complexity index is 696. The Labute approximate surface area is 117 Å². The maximum Gasteiger partial charge on any atom is 0.270 e. The lowest BCUT2D eigenvalue weighted by atomic mass is 10.2. The Morgan fingerprint density at radius 2 is 2.05 bits per heavy atom. The molecule has 1 aromatic heterocycles. The SMILES string of the molecule is NC(=O)c1ccsc1NC(=O)c1cccc([N+](=O)[O-])c1. The molecule has 0 saturated heterocycles. The largest absolute Gasteiger partial charge is 0.366 e. The fourth-order valence-corrected chi connectivity index (χ4v) is 2.32. The van der Waals surface area contributed by atoms with Crippen molar-refractivity contribution in [2.45, 2.75) is 0 Å². The molecule has 0 bridgehead atoms. The summed E-state index contributed by atoms with van der Waals surface area (Å²) < 4.78 is 0. The standard InChI is InChI=1S/C12H9N3O4S/c13-10(16)9-4-5-20-12(9)14-11(17)7-2-1-3-8(6-7)15(18)19/h1-6H,(H2,13,16)(H,14,17). The second-order valence-electron chi connectivity index (χ2n) is 3.79. The van der Waals surface area contributed by atoms with Crippen LogP contribution >= 0.6 is 11.3 Å². The second kappa shape index (κ2) is 5.49. The van der Waals surface area contributed by atoms with Crippen LogP contribution in [0.15, 0.2) is 35.7 Å². The quantitative estimate of drug-likeness (QED) is 0.662. The molecule has 20 heavy (non-hydrogen) atoms. The highest BCUT2D eigenvalue weighted by atomic mass is 32.1. The number of nitrogens with two attached hydrogens (primary N) is 1. The molecule has 0 aliphatic rings. The summed E-state index contributed by atoms with van der Waals surface area (Å²) in [6.45, 7) is 0. The Hall–Kier alpha value is -2.74. The zero-order valence-electron chi connectivity index (χ0n) is 10.0. The molecule has 0 fully saturated rings. The number of nitro groups is 1. The van der Waals surface area contributed by atoms with Gasteiger partial charge in [0, 0.05) is 17.7 Å². The van der Waals surface area contributed by atoms with E-state index in [0.717, 1.165) is 17.4 Å². The van der Waals surface area contributed by atoms with Gasteiger partial charge in [0.25, 0.3) is 17.5 Å². The molecule has 2 amide bonds. The van der Waals surface area contributed by atoms with Gasteiger partial charge in [0.15, 0.2) is 0 Å². The lowest BCUT2D eigenvalue weighted by Gasteiger charge is -2.04. The van der Waals surface area contributed by atoms with Gasteiger partial charge in [-0.25, -0.2) is 0 Å². The highest BCUT2D eigenvalue weighted by Gasteiger charge is 2.15. The minimum absolute atomic E-state index is 0.128. The van der Waals surface area contributed by atoms with Crippen molar-refractivity contribution in [3.63, 3.8) is 0 Å². The van der Waals surface area contributed by atoms with Crippen molar-refractivity contribution in [3.05, 3.63) is 57.0 Å². The van der Waals surface area contributed by atoms with Crippen LogP contribution in [0.4, 0.5) is 10.7 Å². The van der Waals surface area contributed by atoms with Gasteiger partial charge in [0.1, 0.15) is 5.00 Å². The summed E-state index contributed by atoms with van der Waals surface area (Å²) >= 11 is 1.14. The molecule has 0 unspecified atom stereocenters. The predicted molar refractivity (Wildman–Crippen MR) is 73.9 cm³/mol. The molecule has 3 N–H and O–H groups in total. The maximum atomic E-state index is 12.0. The topological polar surface area (TPSA) is 115 Å². The highest BCUT2D eigenvalue weighted by Crippen LogP contribution is 2.24. The molecular weight excluding hydrogens is 282 g/mol. The van der Waals surface area contributed by atoms with E-state index in [1.165, 1.54) is 24.3 Å². The predicted octanol–water partition coefficient (Wildman–Crippen LogP) is 2.01. The van der Waals surface area contributed by atoms with Gasteiger partial charge < -0.3 is 11.1 Å². The minimum Gasteiger partial charge on any atom is -0.366 e. The van der Waals surface area contributed by atoms with Crippen molar-refractivity contribution in [2.24, 2.45) is 5.73 Å². The van der Waals surface area contributed by atoms with E-state index in [2.05, 4.69) is 5.32 Å². The van der Waals surface area contributed by atoms with E-state index in [1.807, 2.05) is 0 Å². The number of hydrogen-bond donors (Lipinski definition) is 2. The summed E-state index contributed by atoms with van der Waals surface area (Å²) in [5, 5.41) is 15.1. The van der Waals surface area contributed by atoms with Crippen LogP contribution in [0.1, 0.15) is 20.7 Å². The lowest BCUT2D eigenvalue weighted by Crippen LogP contribution is -2.16. The number of amides is 2. The Morgan fingerprint density at radius 1 is 1.30 bits per heavy atom. The number of rotatable bonds is 4. The summed E-state index contributed by atoms with van der Waals surface area (Å²) in [7, 11) is 0. The van der Waals surface area contributed by atoms with E-state index in [9.17, 15) is 19.7 Å². The number of thiophene rings is 1. The van der Waals surface area contributed by atoms with E-state index in [-0.39, 0.29) is 16.8 Å². The fourth-order valence-electron chi connectivity index (χ4n) is 1.54. The normalized spacial score (nSPS) is 10.0. The molecule has 0 saturated carbocycles. The number of nitrogens with one attached hydrogen (secondary N) is 1. The minimum atomic E-state index is -0.652. The van der Waals surface area contributed by atoms with Gasteiger partial charge >= 0.3 is 0 Å². The monoisotopic (exact) mass is 291 g/mol. The van der Waals surface area contributed by atoms with Crippen LogP contribution in [0.25, 0.3) is 0 Å². The third kappa shape index (κ3) is 2.81. The summed E-state index contributed by atoms with van der Waals surface area (Å²) in [6, 6.07) is 6.80. The first-order chi connectivity index (χ1) is 9.49. The number of carbonyl (C=O) groups excluding carboxylic acids is 2. The number of anilines is 1. The fraction of sp³-hybridized carbons (Fsp3) is 0. The summed E-state index contributed by atoms with van der Waals surface area (Å²) in [6.07, 6.45) is 0. The van der Waals surface area contributed by atoms with E-state index in [0.29, 0.717) is 5.00 Å². The van der Waals surface area contributed by atoms with Crippen LogP contribution in [0.5, 0.6) is 0 Å². The molecule has 1 aromatic carbocycles. The molecule has 1 heterocycles. The Balaban J connectivity index is 2.24. The molecule has 0 aliphatic carbocycles. The van der Waals surface area contributed by atoms with E-state index in [1.54, 1.807) is 5.38 Å². The van der Waals surface area contributed by atoms with Crippen LogP contribution < -0.4 is 11.1 Å². The van der Waals surface area contributed by atoms with Gasteiger partial charge in [-0.15, -0.1) is 11.3 Å². The number of benzene rings is 1. The van der Waals surface area contributed by atoms with Crippen molar-refractivity contribution in [2.75, 3.05) is 5.32 Å². The zero-order chi connectivity index (χ0) is 14.7. The number of non-ortho nitro benzene ring substituents is 1. The van der Waals surface area contributed by atoms with Gasteiger partial charge in [-0.05, 0) is 17.5 Å². The number of nitrogens with zero attached hydrogens (tertiary/aromatic N) is 1. The third-order valence-electron chi connectivity index (χ3n) is 2.48. The van der Waals surface area contributed by atoms with Crippen LogP contribution in [-0.4, -0.2) is 16.7 Å². The molecule has 2 rings (SSSR count). The Kier molecular flexibility index (Phi) is 3.76. The van der Waals surface area contributed by atoms with Crippen LogP contribution in [-0.2, 0) is 0 Å². The zero-order valence-corrected chi connectivity index (χ0v) is 10.8. The molecule has 102 valence electrons. The van der Waals surface area contributed by atoms with Crippen LogP contribution in [0, 0.1) is 10.1 Å². The molecule has 7 nitrogen and oxygen atoms in total. The van der Waals surface area contributed by atoms with Crippen molar-refractivity contribution in [1.29, 1.82) is 0 Å². The smallest absolute Gasteiger partial charge is 0.270 e. The van der Waals surface area contributed by atoms with Crippen molar-refractivity contribution >= 4 is 33.8 Å². The van der Waals surface area contributed by atoms with E-state index < -0.39 is 16.7 Å². The first-order valence-corrected chi connectivity index (χ1v) is 6.30. The molecule has 2 aromatic rings. The average molecular weight is 291 g/mol. The molecule has 8 heteroatoms. The molecule has 0 aliphatic heterocycles. The molecule has 0 atom stereocenters. The summed E-state index contributed by atoms with van der Waals surface area (Å²) in [5.74, 6) is -1.20. The third-order valence-corrected chi connectivity index (χ3v) is 3.31. The van der Waals surface area contributed by atoms with Gasteiger partial charge in [0.05, 0.1) is 10.5 Å². The van der Waals surface area contributed by atoms with Gasteiger partial charge in [-0.1, -0.05) is 6.07 Å². The number of nitro benzene ring substituents is 1. The summed E-state index contributed by atoms with van der Waals surface area (Å²) in [4.78, 5) is 33.2. The summed E-state index contributed by atoms with van der Waals surface area (Å²) in [5.41, 5.74) is 5.31. The molecule has 0 spiro atoms. The second-order valence-corrected chi connectivity index (χ2v) is 4.71. The van der Waals surface area contributed by atoms with Gasteiger partial charge in [0.2, 0.25) is 0 Å². The first-order valence-electron chi connectivity index (χ1n) is 5.42. The van der Waals surface area contributed by atoms with Crippen LogP contribution in [0.3, 0.4) is 0 Å². The first kappa shape index (κ1) is 13.7. The van der Waals surface area contributed by atoms with Crippen molar-refractivity contribution in [1.82, 2.24) is 0 Å². The number of hydrogen-bond acceptors (Lipinski definition) is 5. The van der Waals surface area contributed by atoms with Gasteiger partial charge in [-0.2, -0.15) is 0 Å². The molecule has 0 radical (unpaired) electrons. The number of primary amides is 1. The van der Waals surface area contributed by atoms with E-state index >= 15 is 0 Å². The van der Waals surface area contributed by atoms with E-state index in [4.69, 9.17) is 5.73 Å². The van der Waals surface area contributed by atoms with Crippen LogP contribution in [0.2, 0.25) is 0 Å².